The number of hydrogen-bond donors (Lipinski definition) is 3. The molecular weight excluding hydrogens is 895 g/mol. The molecular formula is C57H62N7O7+. The van der Waals surface area contributed by atoms with Gasteiger partial charge in [0.25, 0.3) is 5.91 Å². The maximum Gasteiger partial charge on any atom is 0.254 e. The molecule has 3 N–H and O–H groups in total. The van der Waals surface area contributed by atoms with E-state index in [1.807, 2.05) is 30.3 Å². The van der Waals surface area contributed by atoms with E-state index in [9.17, 15) is 28.8 Å². The Labute approximate surface area is 415 Å². The third kappa shape index (κ3) is 12.2. The lowest BCUT2D eigenvalue weighted by Crippen LogP contribution is -2.51. The fourth-order valence-electron chi connectivity index (χ4n) is 9.09. The molecule has 1 saturated heterocycles. The Hall–Kier alpha value is -8.05. The second-order valence-corrected chi connectivity index (χ2v) is 17.3. The number of ketones is 1. The van der Waals surface area contributed by atoms with Crippen molar-refractivity contribution in [3.8, 4) is 34.8 Å². The van der Waals surface area contributed by atoms with Crippen LogP contribution in [0.4, 0.5) is 5.69 Å². The highest BCUT2D eigenvalue weighted by molar-refractivity contribution is 6.10. The smallest absolute Gasteiger partial charge is 0.254 e. The van der Waals surface area contributed by atoms with Crippen LogP contribution >= 0.6 is 0 Å². The van der Waals surface area contributed by atoms with Crippen LogP contribution in [0.5, 0.6) is 0 Å². The van der Waals surface area contributed by atoms with E-state index in [1.165, 1.54) is 0 Å². The fourth-order valence-corrected chi connectivity index (χ4v) is 9.09. The van der Waals surface area contributed by atoms with E-state index in [0.29, 0.717) is 48.4 Å². The molecule has 1 atom stereocenters. The fraction of sp³-hybridized carbons (Fsp3) is 0.316. The molecule has 0 unspecified atom stereocenters. The number of rotatable bonds is 19. The maximum absolute atomic E-state index is 14.5. The van der Waals surface area contributed by atoms with Gasteiger partial charge in [0.15, 0.2) is 5.78 Å². The lowest BCUT2D eigenvalue weighted by Gasteiger charge is -2.35. The Bertz CT molecular complexity index is 2980. The third-order valence-corrected chi connectivity index (χ3v) is 13.0. The first kappa shape index (κ1) is 50.8. The van der Waals surface area contributed by atoms with E-state index in [-0.39, 0.29) is 43.4 Å². The zero-order chi connectivity index (χ0) is 50.4. The van der Waals surface area contributed by atoms with Crippen molar-refractivity contribution in [2.24, 2.45) is 0 Å². The van der Waals surface area contributed by atoms with Crippen molar-refractivity contribution in [3.63, 3.8) is 0 Å². The Morgan fingerprint density at radius 2 is 1.39 bits per heavy atom. The van der Waals surface area contributed by atoms with Crippen LogP contribution in [0.3, 0.4) is 0 Å². The van der Waals surface area contributed by atoms with E-state index < -0.39 is 30.3 Å². The number of fused-ring (bicyclic) bond motifs is 2. The summed E-state index contributed by atoms with van der Waals surface area (Å²) in [6.07, 6.45) is 5.20. The molecule has 0 aromatic heterocycles. The number of benzene rings is 5. The van der Waals surface area contributed by atoms with Crippen molar-refractivity contribution >= 4 is 52.0 Å². The molecule has 14 heteroatoms. The van der Waals surface area contributed by atoms with Crippen molar-refractivity contribution in [2.45, 2.75) is 53.0 Å². The molecule has 7 rings (SSSR count). The van der Waals surface area contributed by atoms with Gasteiger partial charge in [-0.1, -0.05) is 78.7 Å². The van der Waals surface area contributed by atoms with Gasteiger partial charge in [0.05, 0.1) is 19.2 Å². The molecule has 0 spiro atoms. The lowest BCUT2D eigenvalue weighted by atomic mass is 9.90. The molecule has 71 heavy (non-hydrogen) atoms. The summed E-state index contributed by atoms with van der Waals surface area (Å²) < 4.78 is 8.96. The van der Waals surface area contributed by atoms with Crippen LogP contribution in [-0.4, -0.2) is 117 Å². The number of terminal acetylenes is 1. The average Bonchev–Trinajstić information content (AvgIpc) is 3.40. The summed E-state index contributed by atoms with van der Waals surface area (Å²) in [7, 11) is 0. The minimum Gasteiger partial charge on any atom is -0.456 e. The molecule has 4 aromatic carbocycles. The Kier molecular flexibility index (Phi) is 17.2. The average molecular weight is 957 g/mol. The van der Waals surface area contributed by atoms with E-state index >= 15 is 0 Å². The number of nitrogens with zero attached hydrogens (tertiary/aromatic N) is 4. The van der Waals surface area contributed by atoms with Gasteiger partial charge >= 0.3 is 0 Å². The van der Waals surface area contributed by atoms with Crippen LogP contribution in [0.15, 0.2) is 120 Å². The lowest BCUT2D eigenvalue weighted by molar-refractivity contribution is -0.135. The minimum atomic E-state index is -1.02. The molecule has 1 fully saturated rings. The second kappa shape index (κ2) is 24.0. The first-order valence-electron chi connectivity index (χ1n) is 24.4. The van der Waals surface area contributed by atoms with Gasteiger partial charge in [0.2, 0.25) is 29.0 Å². The quantitative estimate of drug-likeness (QED) is 0.0400. The summed E-state index contributed by atoms with van der Waals surface area (Å²) in [5, 5.41) is 9.76. The first-order valence-corrected chi connectivity index (χ1v) is 24.4. The predicted octanol–water partition coefficient (Wildman–Crippen LogP) is 5.75. The molecule has 5 amide bonds. The van der Waals surface area contributed by atoms with Gasteiger partial charge in [-0.05, 0) is 63.1 Å². The summed E-state index contributed by atoms with van der Waals surface area (Å²) in [6.45, 7) is 12.6. The van der Waals surface area contributed by atoms with Crippen molar-refractivity contribution in [1.82, 2.24) is 30.3 Å². The zero-order valence-electron chi connectivity index (χ0n) is 41.0. The molecule has 2 aliphatic heterocycles. The van der Waals surface area contributed by atoms with E-state index in [2.05, 4.69) is 95.4 Å². The SMILES string of the molecule is C#CCNC(=O)[C@H](Cc1ccc(C(=O)c2ccccc2)cc1)NC(=O)CNC(=O)CCC(=O)N1CCN(C(=O)c2ccccc2-c2c3ccc(=[N+](CC)CC)cc-3oc3cc(N(CC)CC)ccc23)CC1. The molecule has 0 saturated carbocycles. The van der Waals surface area contributed by atoms with Gasteiger partial charge in [-0.15, -0.1) is 6.42 Å². The van der Waals surface area contributed by atoms with Crippen molar-refractivity contribution in [3.05, 3.63) is 143 Å². The molecule has 0 radical (unpaired) electrons. The number of piperazine rings is 1. The minimum absolute atomic E-state index is 0.0444. The van der Waals surface area contributed by atoms with Gasteiger partial charge < -0.3 is 35.1 Å². The molecule has 14 nitrogen and oxygen atoms in total. The number of carbonyl (C=O) groups is 6. The van der Waals surface area contributed by atoms with Crippen molar-refractivity contribution < 1.29 is 33.2 Å². The second-order valence-electron chi connectivity index (χ2n) is 17.3. The first-order chi connectivity index (χ1) is 34.5. The standard InChI is InChI=1S/C57H61N7O7/c1-6-30-58-56(69)48(35-39-20-22-41(23-21-39)55(68)40-16-12-11-13-17-40)60-52(66)38-59-51(65)28-29-53(67)63-31-33-64(34-32-63)57(70)45-19-15-14-18-44(45)54-46-26-24-42(61(7-2)8-3)36-49(46)71-50-37-43(25-27-47(50)54)62(9-4)10-5/h1,11-27,36-37,48H,7-10,28-35,38H2,2-5H3,(H2-,58,59,60,65,66,69)/p+1/t48-/m0/s1. The Balaban J connectivity index is 0.957. The van der Waals surface area contributed by atoms with Gasteiger partial charge in [-0.3, -0.25) is 28.8 Å². The van der Waals surface area contributed by atoms with Crippen molar-refractivity contribution in [1.29, 1.82) is 0 Å². The van der Waals surface area contributed by atoms with Gasteiger partial charge in [-0.2, -0.15) is 0 Å². The van der Waals surface area contributed by atoms with Crippen LogP contribution in [0.2, 0.25) is 0 Å². The highest BCUT2D eigenvalue weighted by Crippen LogP contribution is 2.42. The normalized spacial score (nSPS) is 12.7. The molecule has 4 aromatic rings. The van der Waals surface area contributed by atoms with Gasteiger partial charge in [0, 0.05) is 110 Å². The summed E-state index contributed by atoms with van der Waals surface area (Å²) in [5.41, 5.74) is 6.65. The van der Waals surface area contributed by atoms with Crippen LogP contribution in [0, 0.1) is 12.3 Å². The largest absolute Gasteiger partial charge is 0.456 e. The zero-order valence-corrected chi connectivity index (χ0v) is 41.0. The topological polar surface area (TPSA) is 164 Å². The summed E-state index contributed by atoms with van der Waals surface area (Å²) >= 11 is 0. The summed E-state index contributed by atoms with van der Waals surface area (Å²) in [6, 6.07) is 34.8. The number of hydrogen-bond acceptors (Lipinski definition) is 8. The maximum atomic E-state index is 14.5. The van der Waals surface area contributed by atoms with E-state index in [0.717, 1.165) is 70.6 Å². The number of amides is 5. The van der Waals surface area contributed by atoms with Crippen LogP contribution in [0.25, 0.3) is 33.4 Å². The van der Waals surface area contributed by atoms with Crippen LogP contribution in [0.1, 0.15) is 72.4 Å². The van der Waals surface area contributed by atoms with Crippen LogP contribution in [-0.2, 0) is 25.6 Å². The molecule has 0 bridgehead atoms. The van der Waals surface area contributed by atoms with E-state index in [1.54, 1.807) is 58.3 Å². The number of nitrogens with one attached hydrogen (secondary N) is 3. The Morgan fingerprint density at radius 3 is 2.08 bits per heavy atom. The number of carbonyl (C=O) groups excluding carboxylic acids is 6. The van der Waals surface area contributed by atoms with Crippen LogP contribution < -0.4 is 30.8 Å². The molecule has 2 heterocycles. The van der Waals surface area contributed by atoms with Gasteiger partial charge in [0.1, 0.15) is 30.5 Å². The summed E-state index contributed by atoms with van der Waals surface area (Å²) in [5.74, 6) is 0.924. The predicted molar refractivity (Wildman–Crippen MR) is 277 cm³/mol. The molecule has 1 aliphatic carbocycles. The highest BCUT2D eigenvalue weighted by Gasteiger charge is 2.29. The monoisotopic (exact) mass is 956 g/mol. The molecule has 366 valence electrons. The number of anilines is 1. The Morgan fingerprint density at radius 1 is 0.718 bits per heavy atom. The van der Waals surface area contributed by atoms with E-state index in [4.69, 9.17) is 10.8 Å². The highest BCUT2D eigenvalue weighted by atomic mass is 16.3. The van der Waals surface area contributed by atoms with Gasteiger partial charge in [-0.25, -0.2) is 4.58 Å². The molecule has 3 aliphatic rings. The third-order valence-electron chi connectivity index (χ3n) is 13.0. The van der Waals surface area contributed by atoms with Crippen molar-refractivity contribution in [2.75, 3.05) is 70.3 Å². The summed E-state index contributed by atoms with van der Waals surface area (Å²) in [4.78, 5) is 85.4.